The maximum absolute atomic E-state index is 13.6. The highest BCUT2D eigenvalue weighted by Crippen LogP contribution is 2.39. The molecule has 220 valence electrons. The van der Waals surface area contributed by atoms with E-state index >= 15 is 0 Å². The predicted molar refractivity (Wildman–Crippen MR) is 157 cm³/mol. The normalized spacial score (nSPS) is 15.1. The van der Waals surface area contributed by atoms with Crippen LogP contribution in [0.1, 0.15) is 59.9 Å². The molecule has 5 nitrogen and oxygen atoms in total. The van der Waals surface area contributed by atoms with Crippen LogP contribution in [0.15, 0.2) is 48.5 Å². The van der Waals surface area contributed by atoms with E-state index in [0.29, 0.717) is 12.2 Å². The largest absolute Gasteiger partial charge is 0.493 e. The van der Waals surface area contributed by atoms with E-state index in [0.717, 1.165) is 21.4 Å². The standard InChI is InChI=1S/C31H41F3N2O3S/c1-7-20-10-8-9-11-23(20)25-14-21-12-13-22(15-24(21)40-25)38-18-30(6,17-31(32,33)34)19-39-27(37)29(4,5)26(35)16-28(2,3)36/h8-15,26H,7,16-19,35-36H2,1-6H3. The van der Waals surface area contributed by atoms with Gasteiger partial charge in [-0.1, -0.05) is 38.1 Å². The molecule has 0 saturated carbocycles. The van der Waals surface area contributed by atoms with Crippen LogP contribution in [0.3, 0.4) is 0 Å². The SMILES string of the molecule is CCc1ccccc1-c1cc2ccc(OCC(C)(COC(=O)C(C)(C)C(N)CC(C)(C)N)CC(F)(F)F)cc2s1. The molecule has 1 heterocycles. The molecule has 2 atom stereocenters. The van der Waals surface area contributed by atoms with Crippen LogP contribution in [0.2, 0.25) is 0 Å². The maximum Gasteiger partial charge on any atom is 0.389 e. The van der Waals surface area contributed by atoms with Gasteiger partial charge in [-0.05, 0) is 81.3 Å². The molecule has 0 radical (unpaired) electrons. The minimum Gasteiger partial charge on any atom is -0.493 e. The quantitative estimate of drug-likeness (QED) is 0.217. The summed E-state index contributed by atoms with van der Waals surface area (Å²) >= 11 is 1.61. The zero-order valence-corrected chi connectivity index (χ0v) is 25.0. The van der Waals surface area contributed by atoms with Crippen LogP contribution in [-0.4, -0.2) is 36.9 Å². The van der Waals surface area contributed by atoms with E-state index in [4.69, 9.17) is 20.9 Å². The summed E-state index contributed by atoms with van der Waals surface area (Å²) in [5, 5.41) is 1.03. The fraction of sp³-hybridized carbons (Fsp3) is 0.516. The predicted octanol–water partition coefficient (Wildman–Crippen LogP) is 7.49. The first-order valence-electron chi connectivity index (χ1n) is 13.5. The molecule has 0 aliphatic heterocycles. The zero-order valence-electron chi connectivity index (χ0n) is 24.2. The fourth-order valence-electron chi connectivity index (χ4n) is 4.59. The van der Waals surface area contributed by atoms with E-state index in [-0.39, 0.29) is 6.61 Å². The highest BCUT2D eigenvalue weighted by atomic mass is 32.1. The molecule has 2 unspecified atom stereocenters. The lowest BCUT2D eigenvalue weighted by Gasteiger charge is -2.35. The monoisotopic (exact) mass is 578 g/mol. The number of benzene rings is 2. The summed E-state index contributed by atoms with van der Waals surface area (Å²) in [6, 6.07) is 15.2. The molecular weight excluding hydrogens is 537 g/mol. The molecule has 40 heavy (non-hydrogen) atoms. The summed E-state index contributed by atoms with van der Waals surface area (Å²) in [6.07, 6.45) is -4.39. The Morgan fingerprint density at radius 2 is 1.68 bits per heavy atom. The first-order chi connectivity index (χ1) is 18.4. The number of hydrogen-bond acceptors (Lipinski definition) is 6. The first kappa shape index (κ1) is 31.9. The van der Waals surface area contributed by atoms with Crippen molar-refractivity contribution in [3.63, 3.8) is 0 Å². The van der Waals surface area contributed by atoms with Crippen LogP contribution in [0.4, 0.5) is 13.2 Å². The van der Waals surface area contributed by atoms with Crippen molar-refractivity contribution in [3.05, 3.63) is 54.1 Å². The van der Waals surface area contributed by atoms with Crippen molar-refractivity contribution in [1.29, 1.82) is 0 Å². The van der Waals surface area contributed by atoms with E-state index < -0.39 is 47.6 Å². The topological polar surface area (TPSA) is 87.6 Å². The van der Waals surface area contributed by atoms with Crippen LogP contribution in [0, 0.1) is 10.8 Å². The summed E-state index contributed by atoms with van der Waals surface area (Å²) in [4.78, 5) is 14.0. The van der Waals surface area contributed by atoms with Gasteiger partial charge in [0.2, 0.25) is 0 Å². The molecule has 0 bridgehead atoms. The van der Waals surface area contributed by atoms with Gasteiger partial charge in [-0.2, -0.15) is 13.2 Å². The molecule has 3 rings (SSSR count). The summed E-state index contributed by atoms with van der Waals surface area (Å²) in [5.74, 6) is -0.213. The van der Waals surface area contributed by atoms with Crippen molar-refractivity contribution in [2.24, 2.45) is 22.3 Å². The molecule has 9 heteroatoms. The van der Waals surface area contributed by atoms with Crippen molar-refractivity contribution < 1.29 is 27.4 Å². The van der Waals surface area contributed by atoms with Gasteiger partial charge in [0.25, 0.3) is 0 Å². The molecule has 0 saturated heterocycles. The molecule has 0 aliphatic carbocycles. The lowest BCUT2D eigenvalue weighted by molar-refractivity contribution is -0.179. The zero-order chi connectivity index (χ0) is 29.9. The highest BCUT2D eigenvalue weighted by molar-refractivity contribution is 7.22. The number of carbonyl (C=O) groups is 1. The number of alkyl halides is 3. The van der Waals surface area contributed by atoms with Gasteiger partial charge in [-0.3, -0.25) is 4.79 Å². The van der Waals surface area contributed by atoms with E-state index in [9.17, 15) is 18.0 Å². The van der Waals surface area contributed by atoms with Gasteiger partial charge in [0.15, 0.2) is 0 Å². The number of thiophene rings is 1. The number of aryl methyl sites for hydroxylation is 1. The molecule has 0 fully saturated rings. The fourth-order valence-corrected chi connectivity index (χ4v) is 5.74. The smallest absolute Gasteiger partial charge is 0.389 e. The van der Waals surface area contributed by atoms with Crippen LogP contribution in [0.25, 0.3) is 20.5 Å². The average molecular weight is 579 g/mol. The van der Waals surface area contributed by atoms with Crippen LogP contribution < -0.4 is 16.2 Å². The van der Waals surface area contributed by atoms with Gasteiger partial charge in [-0.25, -0.2) is 0 Å². The number of carbonyl (C=O) groups excluding carboxylic acids is 1. The van der Waals surface area contributed by atoms with Gasteiger partial charge >= 0.3 is 12.1 Å². The van der Waals surface area contributed by atoms with Crippen molar-refractivity contribution in [2.75, 3.05) is 13.2 Å². The first-order valence-corrected chi connectivity index (χ1v) is 14.3. The van der Waals surface area contributed by atoms with Crippen molar-refractivity contribution >= 4 is 27.4 Å². The van der Waals surface area contributed by atoms with Gasteiger partial charge in [0.05, 0.1) is 18.4 Å². The maximum atomic E-state index is 13.6. The Hall–Kier alpha value is -2.62. The van der Waals surface area contributed by atoms with E-state index in [1.807, 2.05) is 24.3 Å². The number of fused-ring (bicyclic) bond motifs is 1. The Bertz CT molecular complexity index is 1310. The lowest BCUT2D eigenvalue weighted by atomic mass is 9.79. The number of esters is 1. The molecule has 1 aromatic heterocycles. The van der Waals surface area contributed by atoms with Crippen LogP contribution >= 0.6 is 11.3 Å². The Balaban J connectivity index is 1.75. The van der Waals surface area contributed by atoms with Crippen LogP contribution in [-0.2, 0) is 16.0 Å². The summed E-state index contributed by atoms with van der Waals surface area (Å²) in [6.45, 7) is 9.60. The van der Waals surface area contributed by atoms with Crippen molar-refractivity contribution in [3.8, 4) is 16.2 Å². The Labute approximate surface area is 239 Å². The molecule has 0 spiro atoms. The van der Waals surface area contributed by atoms with Crippen molar-refractivity contribution in [1.82, 2.24) is 0 Å². The van der Waals surface area contributed by atoms with Gasteiger partial charge < -0.3 is 20.9 Å². The summed E-state index contributed by atoms with van der Waals surface area (Å²) in [7, 11) is 0. The van der Waals surface area contributed by atoms with Gasteiger partial charge in [0, 0.05) is 26.6 Å². The van der Waals surface area contributed by atoms with Gasteiger partial charge in [-0.15, -0.1) is 11.3 Å². The molecule has 3 aromatic rings. The van der Waals surface area contributed by atoms with E-state index in [2.05, 4.69) is 25.1 Å². The third kappa shape index (κ3) is 8.44. The van der Waals surface area contributed by atoms with Crippen LogP contribution in [0.5, 0.6) is 5.75 Å². The number of hydrogen-bond donors (Lipinski definition) is 2. The van der Waals surface area contributed by atoms with Gasteiger partial charge in [0.1, 0.15) is 12.4 Å². The number of ether oxygens (including phenoxy) is 2. The Morgan fingerprint density at radius 1 is 1.00 bits per heavy atom. The second-order valence-electron chi connectivity index (χ2n) is 12.3. The van der Waals surface area contributed by atoms with Crippen molar-refractivity contribution in [2.45, 2.75) is 78.6 Å². The molecular formula is C31H41F3N2O3S. The third-order valence-electron chi connectivity index (χ3n) is 7.12. The number of nitrogens with two attached hydrogens (primary N) is 2. The molecule has 0 amide bonds. The van der Waals surface area contributed by atoms with E-state index in [1.54, 1.807) is 45.1 Å². The lowest BCUT2D eigenvalue weighted by Crippen LogP contribution is -2.50. The van der Waals surface area contributed by atoms with E-state index in [1.165, 1.54) is 18.1 Å². The highest BCUT2D eigenvalue weighted by Gasteiger charge is 2.43. The number of halogens is 3. The Morgan fingerprint density at radius 3 is 2.30 bits per heavy atom. The molecule has 2 aromatic carbocycles. The number of rotatable bonds is 12. The molecule has 4 N–H and O–H groups in total. The minimum atomic E-state index is -4.47. The minimum absolute atomic E-state index is 0.287. The summed E-state index contributed by atoms with van der Waals surface area (Å²) in [5.41, 5.74) is 11.5. The second kappa shape index (κ2) is 12.1. The Kier molecular flexibility index (Phi) is 9.64. The summed E-state index contributed by atoms with van der Waals surface area (Å²) < 4.78 is 53.0. The molecule has 0 aliphatic rings. The second-order valence-corrected chi connectivity index (χ2v) is 13.4. The average Bonchev–Trinajstić information content (AvgIpc) is 3.27. The third-order valence-corrected chi connectivity index (χ3v) is 8.25.